The quantitative estimate of drug-likeness (QED) is 0.637. The first-order valence-electron chi connectivity index (χ1n) is 5.13. The zero-order valence-corrected chi connectivity index (χ0v) is 9.13. The van der Waals surface area contributed by atoms with Crippen LogP contribution in [0.1, 0.15) is 39.5 Å². The minimum atomic E-state index is -0.414. The Kier molecular flexibility index (Phi) is 3.29. The van der Waals surface area contributed by atoms with Crippen molar-refractivity contribution >= 4 is 11.8 Å². The molecule has 1 aliphatic rings. The van der Waals surface area contributed by atoms with Gasteiger partial charge in [-0.05, 0) is 18.8 Å². The van der Waals surface area contributed by atoms with Gasteiger partial charge in [-0.25, -0.2) is 0 Å². The van der Waals surface area contributed by atoms with Crippen LogP contribution in [0.15, 0.2) is 0 Å². The average molecular weight is 198 g/mol. The Morgan fingerprint density at radius 3 is 2.21 bits per heavy atom. The number of hydrogen-bond donors (Lipinski definition) is 0. The van der Waals surface area contributed by atoms with Gasteiger partial charge in [-0.1, -0.05) is 13.8 Å². The number of esters is 1. The van der Waals surface area contributed by atoms with Crippen molar-refractivity contribution in [3.05, 3.63) is 0 Å². The molecule has 0 amide bonds. The number of Topliss-reactive ketones (excluding diaryl/α,β-unsaturated/α-hetero) is 1. The standard InChI is InChI=1S/C11H18O3/c1-8(2)11(10(13)14-3)6-4-9(12)5-7-11/h8H,4-7H2,1-3H3. The van der Waals surface area contributed by atoms with Gasteiger partial charge in [0.1, 0.15) is 5.78 Å². The van der Waals surface area contributed by atoms with Crippen molar-refractivity contribution in [2.45, 2.75) is 39.5 Å². The highest BCUT2D eigenvalue weighted by molar-refractivity contribution is 5.84. The van der Waals surface area contributed by atoms with Gasteiger partial charge in [-0.2, -0.15) is 0 Å². The van der Waals surface area contributed by atoms with Crippen molar-refractivity contribution < 1.29 is 14.3 Å². The van der Waals surface area contributed by atoms with Crippen LogP contribution in [0.4, 0.5) is 0 Å². The molecule has 0 heterocycles. The molecule has 80 valence electrons. The molecule has 0 spiro atoms. The summed E-state index contributed by atoms with van der Waals surface area (Å²) in [7, 11) is 1.42. The van der Waals surface area contributed by atoms with Gasteiger partial charge in [-0.3, -0.25) is 9.59 Å². The summed E-state index contributed by atoms with van der Waals surface area (Å²) < 4.78 is 4.84. The van der Waals surface area contributed by atoms with Crippen LogP contribution >= 0.6 is 0 Å². The minimum Gasteiger partial charge on any atom is -0.469 e. The first-order valence-corrected chi connectivity index (χ1v) is 5.13. The summed E-state index contributed by atoms with van der Waals surface area (Å²) in [5.74, 6) is 0.355. The molecule has 0 unspecified atom stereocenters. The zero-order chi connectivity index (χ0) is 10.8. The van der Waals surface area contributed by atoms with E-state index in [0.717, 1.165) is 0 Å². The van der Waals surface area contributed by atoms with Gasteiger partial charge in [-0.15, -0.1) is 0 Å². The Morgan fingerprint density at radius 2 is 1.86 bits per heavy atom. The maximum atomic E-state index is 11.7. The average Bonchev–Trinajstić information content (AvgIpc) is 2.18. The van der Waals surface area contributed by atoms with Crippen molar-refractivity contribution in [1.82, 2.24) is 0 Å². The molecule has 1 fully saturated rings. The molecule has 1 rings (SSSR count). The molecule has 1 saturated carbocycles. The molecular formula is C11H18O3. The van der Waals surface area contributed by atoms with E-state index in [1.165, 1.54) is 7.11 Å². The number of hydrogen-bond acceptors (Lipinski definition) is 3. The summed E-state index contributed by atoms with van der Waals surface area (Å²) in [6, 6.07) is 0. The van der Waals surface area contributed by atoms with Crippen LogP contribution in [0, 0.1) is 11.3 Å². The van der Waals surface area contributed by atoms with Crippen LogP contribution in [-0.2, 0) is 14.3 Å². The summed E-state index contributed by atoms with van der Waals surface area (Å²) in [4.78, 5) is 22.8. The first-order chi connectivity index (χ1) is 6.53. The molecule has 0 aromatic rings. The van der Waals surface area contributed by atoms with E-state index in [2.05, 4.69) is 0 Å². The lowest BCUT2D eigenvalue weighted by Gasteiger charge is -2.37. The Morgan fingerprint density at radius 1 is 1.36 bits per heavy atom. The van der Waals surface area contributed by atoms with Crippen molar-refractivity contribution in [1.29, 1.82) is 0 Å². The van der Waals surface area contributed by atoms with E-state index in [1.54, 1.807) is 0 Å². The van der Waals surface area contributed by atoms with E-state index in [0.29, 0.717) is 25.7 Å². The summed E-state index contributed by atoms with van der Waals surface area (Å²) in [6.07, 6.45) is 2.34. The molecule has 0 bridgehead atoms. The Hall–Kier alpha value is -0.860. The Balaban J connectivity index is 2.83. The van der Waals surface area contributed by atoms with E-state index in [4.69, 9.17) is 4.74 Å². The van der Waals surface area contributed by atoms with Gasteiger partial charge in [0.25, 0.3) is 0 Å². The first kappa shape index (κ1) is 11.2. The van der Waals surface area contributed by atoms with E-state index in [-0.39, 0.29) is 17.7 Å². The third-order valence-electron chi connectivity index (χ3n) is 3.40. The Labute approximate surface area is 84.8 Å². The van der Waals surface area contributed by atoms with Crippen LogP contribution in [0.25, 0.3) is 0 Å². The molecule has 0 aromatic carbocycles. The summed E-state index contributed by atoms with van der Waals surface area (Å²) in [5.41, 5.74) is -0.414. The summed E-state index contributed by atoms with van der Waals surface area (Å²) >= 11 is 0. The fraction of sp³-hybridized carbons (Fsp3) is 0.818. The number of methoxy groups -OCH3 is 1. The second kappa shape index (κ2) is 4.11. The number of rotatable bonds is 2. The van der Waals surface area contributed by atoms with E-state index in [9.17, 15) is 9.59 Å². The molecule has 3 heteroatoms. The molecular weight excluding hydrogens is 180 g/mol. The van der Waals surface area contributed by atoms with Crippen molar-refractivity contribution in [3.8, 4) is 0 Å². The number of carbonyl (C=O) groups is 2. The van der Waals surface area contributed by atoms with Crippen LogP contribution in [0.2, 0.25) is 0 Å². The third-order valence-corrected chi connectivity index (χ3v) is 3.40. The fourth-order valence-electron chi connectivity index (χ4n) is 2.20. The molecule has 0 N–H and O–H groups in total. The highest BCUT2D eigenvalue weighted by Gasteiger charge is 2.44. The lowest BCUT2D eigenvalue weighted by Crippen LogP contribution is -2.40. The molecule has 0 saturated heterocycles. The summed E-state index contributed by atoms with van der Waals surface area (Å²) in [5, 5.41) is 0. The maximum absolute atomic E-state index is 11.7. The van der Waals surface area contributed by atoms with Gasteiger partial charge in [0.2, 0.25) is 0 Å². The normalized spacial score (nSPS) is 21.0. The van der Waals surface area contributed by atoms with Gasteiger partial charge in [0, 0.05) is 12.8 Å². The molecule has 0 aromatic heterocycles. The predicted octanol–water partition coefficient (Wildman–Crippen LogP) is 1.94. The van der Waals surface area contributed by atoms with Crippen LogP contribution in [0.3, 0.4) is 0 Å². The molecule has 0 radical (unpaired) electrons. The van der Waals surface area contributed by atoms with Gasteiger partial charge in [0.15, 0.2) is 0 Å². The maximum Gasteiger partial charge on any atom is 0.312 e. The van der Waals surface area contributed by atoms with Crippen molar-refractivity contribution in [3.63, 3.8) is 0 Å². The highest BCUT2D eigenvalue weighted by atomic mass is 16.5. The van der Waals surface area contributed by atoms with E-state index >= 15 is 0 Å². The lowest BCUT2D eigenvalue weighted by atomic mass is 9.67. The van der Waals surface area contributed by atoms with Crippen LogP contribution in [0.5, 0.6) is 0 Å². The number of ketones is 1. The Bertz CT molecular complexity index is 233. The predicted molar refractivity (Wildman–Crippen MR) is 52.8 cm³/mol. The van der Waals surface area contributed by atoms with Gasteiger partial charge in [0.05, 0.1) is 12.5 Å². The molecule has 1 aliphatic carbocycles. The third kappa shape index (κ3) is 1.81. The monoisotopic (exact) mass is 198 g/mol. The smallest absolute Gasteiger partial charge is 0.312 e. The summed E-state index contributed by atoms with van der Waals surface area (Å²) in [6.45, 7) is 4.04. The molecule has 0 atom stereocenters. The van der Waals surface area contributed by atoms with Gasteiger partial charge >= 0.3 is 5.97 Å². The van der Waals surface area contributed by atoms with E-state index in [1.807, 2.05) is 13.8 Å². The second-order valence-corrected chi connectivity index (χ2v) is 4.34. The van der Waals surface area contributed by atoms with Crippen molar-refractivity contribution in [2.75, 3.05) is 7.11 Å². The van der Waals surface area contributed by atoms with E-state index < -0.39 is 5.41 Å². The largest absolute Gasteiger partial charge is 0.469 e. The highest BCUT2D eigenvalue weighted by Crippen LogP contribution is 2.42. The zero-order valence-electron chi connectivity index (χ0n) is 9.13. The topological polar surface area (TPSA) is 43.4 Å². The fourth-order valence-corrected chi connectivity index (χ4v) is 2.20. The number of carbonyl (C=O) groups excluding carboxylic acids is 2. The second-order valence-electron chi connectivity index (χ2n) is 4.34. The molecule has 0 aliphatic heterocycles. The van der Waals surface area contributed by atoms with Crippen LogP contribution < -0.4 is 0 Å². The number of ether oxygens (including phenoxy) is 1. The van der Waals surface area contributed by atoms with Gasteiger partial charge < -0.3 is 4.74 Å². The van der Waals surface area contributed by atoms with Crippen LogP contribution in [-0.4, -0.2) is 18.9 Å². The lowest BCUT2D eigenvalue weighted by molar-refractivity contribution is -0.159. The van der Waals surface area contributed by atoms with Crippen molar-refractivity contribution in [2.24, 2.45) is 11.3 Å². The molecule has 14 heavy (non-hydrogen) atoms. The minimum absolute atomic E-state index is 0.153. The molecule has 3 nitrogen and oxygen atoms in total. The SMILES string of the molecule is COC(=O)C1(C(C)C)CCC(=O)CC1.